The fourth-order valence-corrected chi connectivity index (χ4v) is 3.89. The number of hydrogen-bond donors (Lipinski definition) is 2. The van der Waals surface area contributed by atoms with E-state index in [2.05, 4.69) is 26.0 Å². The summed E-state index contributed by atoms with van der Waals surface area (Å²) in [5.41, 5.74) is 0.284. The van der Waals surface area contributed by atoms with E-state index in [1.165, 1.54) is 11.9 Å². The molecule has 2 heterocycles. The number of amides is 1. The van der Waals surface area contributed by atoms with Crippen LogP contribution in [0.25, 0.3) is 0 Å². The van der Waals surface area contributed by atoms with Crippen molar-refractivity contribution in [2.75, 3.05) is 0 Å². The fourth-order valence-electron chi connectivity index (χ4n) is 3.63. The first-order valence-corrected chi connectivity index (χ1v) is 10.4. The normalized spacial score (nSPS) is 15.7. The fraction of sp³-hybridized carbons (Fsp3) is 0.182. The first-order valence-electron chi connectivity index (χ1n) is 9.58. The van der Waals surface area contributed by atoms with Gasteiger partial charge >= 0.3 is 5.69 Å². The van der Waals surface area contributed by atoms with Crippen LogP contribution in [-0.2, 0) is 11.3 Å². The molecule has 0 aliphatic carbocycles. The lowest BCUT2D eigenvalue weighted by Crippen LogP contribution is -2.34. The van der Waals surface area contributed by atoms with E-state index < -0.39 is 23.2 Å². The van der Waals surface area contributed by atoms with Crippen molar-refractivity contribution in [3.63, 3.8) is 0 Å². The van der Waals surface area contributed by atoms with Gasteiger partial charge in [-0.2, -0.15) is 5.10 Å². The van der Waals surface area contributed by atoms with Gasteiger partial charge in [0.2, 0.25) is 11.8 Å². The largest absolute Gasteiger partial charge is 0.494 e. The van der Waals surface area contributed by atoms with Crippen molar-refractivity contribution in [1.82, 2.24) is 14.6 Å². The average Bonchev–Trinajstić information content (AvgIpc) is 3.17. The molecule has 0 spiro atoms. The van der Waals surface area contributed by atoms with Gasteiger partial charge in [0.1, 0.15) is 5.56 Å². The Labute approximate surface area is 185 Å². The van der Waals surface area contributed by atoms with Crippen LogP contribution in [-0.4, -0.2) is 31.3 Å². The van der Waals surface area contributed by atoms with Gasteiger partial charge in [-0.15, -0.1) is 0 Å². The number of hydrogen-bond acceptors (Lipinski definition) is 5. The second-order valence-electron chi connectivity index (χ2n) is 7.21. The van der Waals surface area contributed by atoms with E-state index in [0.717, 1.165) is 20.2 Å². The van der Waals surface area contributed by atoms with Gasteiger partial charge in [0.25, 0.3) is 5.56 Å². The van der Waals surface area contributed by atoms with Crippen LogP contribution < -0.4 is 11.2 Å². The van der Waals surface area contributed by atoms with Gasteiger partial charge in [-0.05, 0) is 23.3 Å². The summed E-state index contributed by atoms with van der Waals surface area (Å²) >= 11 is 3.39. The van der Waals surface area contributed by atoms with Gasteiger partial charge in [0, 0.05) is 17.8 Å². The van der Waals surface area contributed by atoms with Crippen molar-refractivity contribution in [3.8, 4) is 5.88 Å². The molecule has 1 aliphatic rings. The van der Waals surface area contributed by atoms with Crippen LogP contribution in [0.15, 0.2) is 73.8 Å². The molecule has 1 aromatic heterocycles. The summed E-state index contributed by atoms with van der Waals surface area (Å²) in [6.45, 7) is 1.47. The first kappa shape index (κ1) is 20.8. The number of benzene rings is 2. The van der Waals surface area contributed by atoms with Crippen molar-refractivity contribution < 1.29 is 9.90 Å². The third-order valence-corrected chi connectivity index (χ3v) is 5.66. The molecular weight excluding hydrogens is 464 g/mol. The molecule has 0 fully saturated rings. The molecule has 2 aromatic carbocycles. The number of aromatic amines is 1. The minimum atomic E-state index is -0.745. The lowest BCUT2D eigenvalue weighted by Gasteiger charge is -2.20. The lowest BCUT2D eigenvalue weighted by molar-refractivity contribution is -0.130. The van der Waals surface area contributed by atoms with E-state index >= 15 is 0 Å². The molecule has 3 aromatic rings. The highest BCUT2D eigenvalue weighted by Crippen LogP contribution is 2.34. The van der Waals surface area contributed by atoms with Crippen LogP contribution in [0.2, 0.25) is 0 Å². The molecule has 31 heavy (non-hydrogen) atoms. The monoisotopic (exact) mass is 482 g/mol. The summed E-state index contributed by atoms with van der Waals surface area (Å²) in [6.07, 6.45) is 0.224. The minimum Gasteiger partial charge on any atom is -0.494 e. The zero-order valence-corrected chi connectivity index (χ0v) is 18.2. The molecule has 1 atom stereocenters. The molecule has 0 saturated carbocycles. The van der Waals surface area contributed by atoms with E-state index in [4.69, 9.17) is 0 Å². The van der Waals surface area contributed by atoms with Gasteiger partial charge in [-0.25, -0.2) is 9.80 Å². The third-order valence-electron chi connectivity index (χ3n) is 5.13. The number of aromatic hydroxyl groups is 1. The van der Waals surface area contributed by atoms with Gasteiger partial charge in [-0.1, -0.05) is 58.4 Å². The van der Waals surface area contributed by atoms with Gasteiger partial charge in [-0.3, -0.25) is 19.1 Å². The number of nitrogens with zero attached hydrogens (tertiary/aromatic N) is 3. The molecule has 0 radical (unpaired) electrons. The summed E-state index contributed by atoms with van der Waals surface area (Å²) in [5, 5.41) is 16.5. The molecule has 158 valence electrons. The molecule has 0 unspecified atom stereocenters. The minimum absolute atomic E-state index is 0.0785. The van der Waals surface area contributed by atoms with Crippen LogP contribution in [0.4, 0.5) is 0 Å². The van der Waals surface area contributed by atoms with E-state index in [1.807, 2.05) is 54.6 Å². The second kappa shape index (κ2) is 8.35. The lowest BCUT2D eigenvalue weighted by atomic mass is 9.99. The Balaban J connectivity index is 1.76. The van der Waals surface area contributed by atoms with Crippen molar-refractivity contribution in [3.05, 3.63) is 96.6 Å². The van der Waals surface area contributed by atoms with Crippen LogP contribution in [0.3, 0.4) is 0 Å². The number of nitrogens with one attached hydrogen (secondary N) is 1. The van der Waals surface area contributed by atoms with Crippen molar-refractivity contribution >= 4 is 27.5 Å². The van der Waals surface area contributed by atoms with Crippen LogP contribution in [0.5, 0.6) is 5.88 Å². The molecule has 8 nitrogen and oxygen atoms in total. The zero-order valence-electron chi connectivity index (χ0n) is 16.6. The van der Waals surface area contributed by atoms with Crippen LogP contribution in [0.1, 0.15) is 36.1 Å². The van der Waals surface area contributed by atoms with Crippen LogP contribution in [0, 0.1) is 0 Å². The molecule has 1 amide bonds. The number of halogens is 1. The van der Waals surface area contributed by atoms with Gasteiger partial charge in [0.05, 0.1) is 18.3 Å². The molecule has 4 rings (SSSR count). The van der Waals surface area contributed by atoms with E-state index in [9.17, 15) is 19.5 Å². The zero-order chi connectivity index (χ0) is 22.1. The molecule has 1 aliphatic heterocycles. The summed E-state index contributed by atoms with van der Waals surface area (Å²) in [4.78, 5) is 39.4. The maximum Gasteiger partial charge on any atom is 0.331 e. The number of carbonyl (C=O) groups excluding carboxylic acids is 1. The SMILES string of the molecule is CC(=O)N1N=C(c2c(O)n(Cc3ccccc3)c(=O)[nH]c2=O)C[C@@H]1c1ccc(Br)cc1. The molecule has 0 saturated heterocycles. The second-order valence-corrected chi connectivity index (χ2v) is 8.13. The van der Waals surface area contributed by atoms with E-state index in [0.29, 0.717) is 0 Å². The maximum atomic E-state index is 12.6. The number of aromatic nitrogens is 2. The smallest absolute Gasteiger partial charge is 0.331 e. The average molecular weight is 483 g/mol. The Kier molecular flexibility index (Phi) is 5.60. The number of carbonyl (C=O) groups is 1. The Morgan fingerprint density at radius 2 is 1.84 bits per heavy atom. The highest BCUT2D eigenvalue weighted by atomic mass is 79.9. The van der Waals surface area contributed by atoms with Crippen LogP contribution >= 0.6 is 15.9 Å². The number of hydrazone groups is 1. The highest BCUT2D eigenvalue weighted by Gasteiger charge is 2.34. The van der Waals surface area contributed by atoms with Crippen molar-refractivity contribution in [2.24, 2.45) is 5.10 Å². The quantitative estimate of drug-likeness (QED) is 0.595. The molecule has 2 N–H and O–H groups in total. The van der Waals surface area contributed by atoms with Gasteiger partial charge in [0.15, 0.2) is 0 Å². The van der Waals surface area contributed by atoms with Crippen molar-refractivity contribution in [1.29, 1.82) is 0 Å². The Morgan fingerprint density at radius 1 is 1.16 bits per heavy atom. The predicted octanol–water partition coefficient (Wildman–Crippen LogP) is 2.75. The van der Waals surface area contributed by atoms with Crippen molar-refractivity contribution in [2.45, 2.75) is 25.9 Å². The highest BCUT2D eigenvalue weighted by molar-refractivity contribution is 9.10. The molecule has 9 heteroatoms. The maximum absolute atomic E-state index is 12.6. The topological polar surface area (TPSA) is 108 Å². The summed E-state index contributed by atoms with van der Waals surface area (Å²) < 4.78 is 1.98. The standard InChI is InChI=1S/C22H19BrN4O4/c1-13(28)27-18(15-7-9-16(23)10-8-15)11-17(25-27)19-20(29)24-22(31)26(21(19)30)12-14-5-3-2-4-6-14/h2-10,18,30H,11-12H2,1H3,(H,24,29,31)/t18-/m1/s1. The summed E-state index contributed by atoms with van der Waals surface area (Å²) in [7, 11) is 0. The molecular formula is C22H19BrN4O4. The number of rotatable bonds is 4. The Bertz CT molecular complexity index is 1280. The summed E-state index contributed by atoms with van der Waals surface area (Å²) in [5.74, 6) is -0.771. The van der Waals surface area contributed by atoms with E-state index in [1.54, 1.807) is 0 Å². The van der Waals surface area contributed by atoms with E-state index in [-0.39, 0.29) is 30.1 Å². The summed E-state index contributed by atoms with van der Waals surface area (Å²) in [6, 6.07) is 16.1. The Morgan fingerprint density at radius 3 is 2.48 bits per heavy atom. The Hall–Kier alpha value is -3.46. The van der Waals surface area contributed by atoms with Gasteiger partial charge < -0.3 is 5.11 Å². The number of H-pyrrole nitrogens is 1. The predicted molar refractivity (Wildman–Crippen MR) is 119 cm³/mol. The third kappa shape index (κ3) is 4.09. The first-order chi connectivity index (χ1) is 14.8. The molecule has 0 bridgehead atoms.